The fourth-order valence-corrected chi connectivity index (χ4v) is 2.79. The van der Waals surface area contributed by atoms with Gasteiger partial charge in [-0.25, -0.2) is 13.4 Å². The number of aromatic amines is 1. The first-order chi connectivity index (χ1) is 9.79. The second-order valence-corrected chi connectivity index (χ2v) is 6.51. The van der Waals surface area contributed by atoms with Crippen LogP contribution in [0.3, 0.4) is 0 Å². The van der Waals surface area contributed by atoms with Crippen LogP contribution in [0.1, 0.15) is 0 Å². The summed E-state index contributed by atoms with van der Waals surface area (Å²) < 4.78 is 26.7. The van der Waals surface area contributed by atoms with Crippen molar-refractivity contribution in [2.45, 2.75) is 4.90 Å². The smallest absolute Gasteiger partial charge is 0.266 e. The topological polar surface area (TPSA) is 95.2 Å². The fourth-order valence-electron chi connectivity index (χ4n) is 1.52. The maximum absolute atomic E-state index is 12.2. The van der Waals surface area contributed by atoms with Crippen molar-refractivity contribution in [3.63, 3.8) is 0 Å². The number of anilines is 2. The molecule has 112 valence electrons. The van der Waals surface area contributed by atoms with Crippen LogP contribution in [0.15, 0.2) is 40.3 Å². The Morgan fingerprint density at radius 2 is 2.05 bits per heavy atom. The highest BCUT2D eigenvalue weighted by atomic mass is 35.5. The van der Waals surface area contributed by atoms with E-state index in [1.54, 1.807) is 17.0 Å². The number of aromatic nitrogens is 2. The minimum absolute atomic E-state index is 0.135. The second kappa shape index (κ2) is 5.74. The number of rotatable bonds is 4. The van der Waals surface area contributed by atoms with Gasteiger partial charge in [-0.15, -0.1) is 0 Å². The van der Waals surface area contributed by atoms with Gasteiger partial charge >= 0.3 is 0 Å². The monoisotopic (exact) mass is 328 g/mol. The Morgan fingerprint density at radius 1 is 1.33 bits per heavy atom. The molecule has 0 atom stereocenters. The molecule has 0 aliphatic carbocycles. The van der Waals surface area contributed by atoms with E-state index in [1.807, 2.05) is 14.1 Å². The summed E-state index contributed by atoms with van der Waals surface area (Å²) in [6.07, 6.45) is 2.48. The maximum atomic E-state index is 12.2. The lowest BCUT2D eigenvalue weighted by molar-refractivity contribution is 0.600. The fraction of sp³-hybridized carbons (Fsp3) is 0.167. The molecule has 2 rings (SSSR count). The van der Waals surface area contributed by atoms with E-state index >= 15 is 0 Å². The van der Waals surface area contributed by atoms with Crippen LogP contribution in [0.25, 0.3) is 0 Å². The Balaban J connectivity index is 2.28. The average molecular weight is 329 g/mol. The van der Waals surface area contributed by atoms with E-state index in [0.717, 1.165) is 12.3 Å². The number of sulfonamides is 1. The van der Waals surface area contributed by atoms with Crippen LogP contribution in [0.2, 0.25) is 5.02 Å². The van der Waals surface area contributed by atoms with Crippen LogP contribution in [-0.4, -0.2) is 32.5 Å². The Morgan fingerprint density at radius 3 is 2.57 bits per heavy atom. The minimum Gasteiger partial charge on any atom is -0.363 e. The lowest BCUT2D eigenvalue weighted by Gasteiger charge is -2.12. The lowest BCUT2D eigenvalue weighted by Crippen LogP contribution is -2.16. The van der Waals surface area contributed by atoms with Gasteiger partial charge in [-0.2, -0.15) is 0 Å². The number of hydrogen-bond donors (Lipinski definition) is 2. The molecule has 0 saturated heterocycles. The zero-order valence-corrected chi connectivity index (χ0v) is 12.9. The van der Waals surface area contributed by atoms with Crippen molar-refractivity contribution in [1.82, 2.24) is 9.97 Å². The Bertz CT molecular complexity index is 800. The predicted molar refractivity (Wildman–Crippen MR) is 81.4 cm³/mol. The number of nitrogens with one attached hydrogen (secondary N) is 2. The first kappa shape index (κ1) is 15.3. The molecule has 21 heavy (non-hydrogen) atoms. The molecule has 0 bridgehead atoms. The third-order valence-corrected chi connectivity index (χ3v) is 4.24. The van der Waals surface area contributed by atoms with Crippen LogP contribution in [0, 0.1) is 0 Å². The van der Waals surface area contributed by atoms with E-state index in [1.165, 1.54) is 6.20 Å². The molecule has 0 aliphatic heterocycles. The van der Waals surface area contributed by atoms with Gasteiger partial charge in [-0.1, -0.05) is 11.6 Å². The standard InChI is InChI=1S/C12H13ClN4O3S/c1-17(2)11-4-3-8(6-14-11)16-21(19,20)9-5-10(13)12(18)15-7-9/h3-7,16H,1-2H3,(H,15,18). The molecule has 2 N–H and O–H groups in total. The zero-order chi connectivity index (χ0) is 15.6. The molecule has 0 aliphatic rings. The van der Waals surface area contributed by atoms with Gasteiger partial charge in [-0.3, -0.25) is 9.52 Å². The molecule has 7 nitrogen and oxygen atoms in total. The van der Waals surface area contributed by atoms with Crippen molar-refractivity contribution < 1.29 is 8.42 Å². The van der Waals surface area contributed by atoms with Crippen LogP contribution in [-0.2, 0) is 10.0 Å². The van der Waals surface area contributed by atoms with Gasteiger partial charge in [0.2, 0.25) is 0 Å². The molecule has 0 unspecified atom stereocenters. The summed E-state index contributed by atoms with van der Waals surface area (Å²) in [7, 11) is -0.188. The predicted octanol–water partition coefficient (Wildman–Crippen LogP) is 1.29. The summed E-state index contributed by atoms with van der Waals surface area (Å²) in [6.45, 7) is 0. The van der Waals surface area contributed by atoms with Crippen molar-refractivity contribution >= 4 is 33.1 Å². The van der Waals surface area contributed by atoms with E-state index < -0.39 is 15.6 Å². The number of nitrogens with zero attached hydrogens (tertiary/aromatic N) is 2. The highest BCUT2D eigenvalue weighted by Crippen LogP contribution is 2.17. The molecule has 2 aromatic rings. The van der Waals surface area contributed by atoms with Gasteiger partial charge < -0.3 is 9.88 Å². The lowest BCUT2D eigenvalue weighted by atomic mass is 10.4. The quantitative estimate of drug-likeness (QED) is 0.881. The van der Waals surface area contributed by atoms with Gasteiger partial charge in [0.25, 0.3) is 15.6 Å². The summed E-state index contributed by atoms with van der Waals surface area (Å²) in [5, 5.41) is -0.195. The summed E-state index contributed by atoms with van der Waals surface area (Å²) in [5.74, 6) is 0.699. The van der Waals surface area contributed by atoms with Crippen molar-refractivity contribution in [2.24, 2.45) is 0 Å². The molecule has 2 aromatic heterocycles. The molecule has 0 amide bonds. The first-order valence-corrected chi connectivity index (χ1v) is 7.70. The normalized spacial score (nSPS) is 11.2. The van der Waals surface area contributed by atoms with Crippen LogP contribution in [0.4, 0.5) is 11.5 Å². The first-order valence-electron chi connectivity index (χ1n) is 5.84. The van der Waals surface area contributed by atoms with Crippen molar-refractivity contribution in [1.29, 1.82) is 0 Å². The second-order valence-electron chi connectivity index (χ2n) is 4.42. The SMILES string of the molecule is CN(C)c1ccc(NS(=O)(=O)c2c[nH]c(=O)c(Cl)c2)cn1. The summed E-state index contributed by atoms with van der Waals surface area (Å²) in [4.78, 5) is 19.2. The number of halogens is 1. The summed E-state index contributed by atoms with van der Waals surface area (Å²) in [5.41, 5.74) is -0.240. The van der Waals surface area contributed by atoms with Crippen molar-refractivity contribution in [2.75, 3.05) is 23.7 Å². The highest BCUT2D eigenvalue weighted by molar-refractivity contribution is 7.92. The van der Waals surface area contributed by atoms with Crippen molar-refractivity contribution in [3.05, 3.63) is 46.0 Å². The number of H-pyrrole nitrogens is 1. The van der Waals surface area contributed by atoms with E-state index in [2.05, 4.69) is 14.7 Å². The molecule has 0 aromatic carbocycles. The molecular formula is C12H13ClN4O3S. The third kappa shape index (κ3) is 3.53. The van der Waals surface area contributed by atoms with Gasteiger partial charge in [-0.05, 0) is 18.2 Å². The number of pyridine rings is 2. The van der Waals surface area contributed by atoms with E-state index in [4.69, 9.17) is 11.6 Å². The molecule has 0 fully saturated rings. The summed E-state index contributed by atoms with van der Waals surface area (Å²) >= 11 is 5.62. The molecule has 2 heterocycles. The maximum Gasteiger partial charge on any atom is 0.266 e. The van der Waals surface area contributed by atoms with Crippen molar-refractivity contribution in [3.8, 4) is 0 Å². The minimum atomic E-state index is -3.84. The van der Waals surface area contributed by atoms with E-state index in [9.17, 15) is 13.2 Å². The van der Waals surface area contributed by atoms with Crippen LogP contribution >= 0.6 is 11.6 Å². The Kier molecular flexibility index (Phi) is 4.19. The Labute approximate surface area is 126 Å². The average Bonchev–Trinajstić information content (AvgIpc) is 2.42. The zero-order valence-electron chi connectivity index (χ0n) is 11.3. The van der Waals surface area contributed by atoms with E-state index in [-0.39, 0.29) is 9.92 Å². The number of hydrogen-bond acceptors (Lipinski definition) is 5. The van der Waals surface area contributed by atoms with Gasteiger partial charge in [0.05, 0.1) is 11.9 Å². The van der Waals surface area contributed by atoms with Crippen LogP contribution < -0.4 is 15.2 Å². The van der Waals surface area contributed by atoms with Gasteiger partial charge in [0.1, 0.15) is 15.7 Å². The summed E-state index contributed by atoms with van der Waals surface area (Å²) in [6, 6.07) is 4.36. The van der Waals surface area contributed by atoms with Crippen LogP contribution in [0.5, 0.6) is 0 Å². The third-order valence-electron chi connectivity index (χ3n) is 2.60. The van der Waals surface area contributed by atoms with Gasteiger partial charge in [0.15, 0.2) is 0 Å². The Hall–Kier alpha value is -2.06. The highest BCUT2D eigenvalue weighted by Gasteiger charge is 2.16. The molecule has 0 saturated carbocycles. The van der Waals surface area contributed by atoms with E-state index in [0.29, 0.717) is 11.5 Å². The molecule has 0 spiro atoms. The molecular weight excluding hydrogens is 316 g/mol. The largest absolute Gasteiger partial charge is 0.363 e. The molecule has 9 heteroatoms. The molecule has 0 radical (unpaired) electrons. The van der Waals surface area contributed by atoms with Gasteiger partial charge in [0, 0.05) is 20.3 Å².